The average Bonchev–Trinajstić information content (AvgIpc) is 3.25. The molecular formula is C22H14N4. The molecule has 0 spiro atoms. The number of aromatic nitrogens is 4. The molecule has 0 amide bonds. The lowest BCUT2D eigenvalue weighted by molar-refractivity contribution is 1.36. The zero-order valence-electron chi connectivity index (χ0n) is 13.8. The van der Waals surface area contributed by atoms with Gasteiger partial charge in [-0.15, -0.1) is 0 Å². The van der Waals surface area contributed by atoms with Crippen molar-refractivity contribution in [3.63, 3.8) is 0 Å². The summed E-state index contributed by atoms with van der Waals surface area (Å²) in [5.41, 5.74) is 6.54. The molecule has 2 aromatic carbocycles. The van der Waals surface area contributed by atoms with E-state index in [1.165, 1.54) is 10.8 Å². The fourth-order valence-electron chi connectivity index (χ4n) is 3.80. The Morgan fingerprint density at radius 1 is 0.615 bits per heavy atom. The Morgan fingerprint density at radius 2 is 1.42 bits per heavy atom. The van der Waals surface area contributed by atoms with Crippen molar-refractivity contribution < 1.29 is 0 Å². The first-order valence-corrected chi connectivity index (χ1v) is 8.59. The number of para-hydroxylation sites is 1. The molecule has 4 heteroatoms. The first kappa shape index (κ1) is 13.6. The molecule has 0 saturated carbocycles. The molecule has 0 fully saturated rings. The highest BCUT2D eigenvalue weighted by atomic mass is 14.8. The molecule has 6 aromatic rings. The number of rotatable bonds is 1. The summed E-state index contributed by atoms with van der Waals surface area (Å²) in [4.78, 5) is 15.9. The molecule has 4 heterocycles. The van der Waals surface area contributed by atoms with Crippen molar-refractivity contribution in [2.75, 3.05) is 0 Å². The number of benzene rings is 2. The Morgan fingerprint density at radius 3 is 2.42 bits per heavy atom. The van der Waals surface area contributed by atoms with E-state index in [0.717, 1.165) is 44.1 Å². The van der Waals surface area contributed by atoms with E-state index >= 15 is 0 Å². The van der Waals surface area contributed by atoms with E-state index in [0.29, 0.717) is 0 Å². The summed E-state index contributed by atoms with van der Waals surface area (Å²) < 4.78 is 0. The molecule has 4 aromatic heterocycles. The van der Waals surface area contributed by atoms with Gasteiger partial charge in [-0.2, -0.15) is 0 Å². The Kier molecular flexibility index (Phi) is 2.58. The van der Waals surface area contributed by atoms with Crippen LogP contribution in [0.5, 0.6) is 0 Å². The van der Waals surface area contributed by atoms with Crippen LogP contribution in [0.4, 0.5) is 0 Å². The molecule has 6 rings (SSSR count). The van der Waals surface area contributed by atoms with E-state index in [2.05, 4.69) is 63.5 Å². The van der Waals surface area contributed by atoms with Gasteiger partial charge in [0.25, 0.3) is 0 Å². The summed E-state index contributed by atoms with van der Waals surface area (Å²) in [7, 11) is 0. The standard InChI is InChI=1S/C22H14N4/c1-2-4-18-14(3-1)15-9-13(5-6-19(15)25-18)21-10-22-17(12-24-21)16-11-23-8-7-20(16)26-22/h1-12,25-26H. The summed E-state index contributed by atoms with van der Waals surface area (Å²) >= 11 is 0. The van der Waals surface area contributed by atoms with Gasteiger partial charge in [0.2, 0.25) is 0 Å². The van der Waals surface area contributed by atoms with E-state index in [1.807, 2.05) is 18.5 Å². The molecule has 26 heavy (non-hydrogen) atoms. The van der Waals surface area contributed by atoms with Crippen LogP contribution in [0.1, 0.15) is 0 Å². The largest absolute Gasteiger partial charge is 0.355 e. The third kappa shape index (κ3) is 1.84. The van der Waals surface area contributed by atoms with Crippen LogP contribution in [0.15, 0.2) is 73.2 Å². The number of fused-ring (bicyclic) bond motifs is 6. The van der Waals surface area contributed by atoms with Crippen LogP contribution in [0.25, 0.3) is 54.9 Å². The quantitative estimate of drug-likeness (QED) is 0.422. The van der Waals surface area contributed by atoms with Crippen LogP contribution in [0.2, 0.25) is 0 Å². The second-order valence-corrected chi connectivity index (χ2v) is 6.59. The second kappa shape index (κ2) is 4.92. The Hall–Kier alpha value is -3.66. The maximum Gasteiger partial charge on any atom is 0.0723 e. The Balaban J connectivity index is 1.59. The molecule has 0 aliphatic heterocycles. The first-order valence-electron chi connectivity index (χ1n) is 8.59. The van der Waals surface area contributed by atoms with Gasteiger partial charge in [-0.25, -0.2) is 0 Å². The molecule has 2 N–H and O–H groups in total. The number of nitrogens with zero attached hydrogens (tertiary/aromatic N) is 2. The fraction of sp³-hybridized carbons (Fsp3) is 0. The molecule has 0 bridgehead atoms. The van der Waals surface area contributed by atoms with Gasteiger partial charge in [0.15, 0.2) is 0 Å². The minimum absolute atomic E-state index is 0.962. The molecule has 4 nitrogen and oxygen atoms in total. The topological polar surface area (TPSA) is 57.4 Å². The number of hydrogen-bond acceptors (Lipinski definition) is 2. The van der Waals surface area contributed by atoms with E-state index in [-0.39, 0.29) is 0 Å². The summed E-state index contributed by atoms with van der Waals surface area (Å²) in [6.45, 7) is 0. The molecular weight excluding hydrogens is 320 g/mol. The van der Waals surface area contributed by atoms with Gasteiger partial charge in [0.1, 0.15) is 0 Å². The molecule has 0 aliphatic carbocycles. The second-order valence-electron chi connectivity index (χ2n) is 6.59. The maximum atomic E-state index is 4.71. The van der Waals surface area contributed by atoms with Crippen molar-refractivity contribution >= 4 is 43.6 Å². The minimum Gasteiger partial charge on any atom is -0.355 e. The third-order valence-corrected chi connectivity index (χ3v) is 5.09. The highest BCUT2D eigenvalue weighted by Gasteiger charge is 2.09. The van der Waals surface area contributed by atoms with Crippen LogP contribution < -0.4 is 0 Å². The predicted molar refractivity (Wildman–Crippen MR) is 106 cm³/mol. The predicted octanol–water partition coefficient (Wildman–Crippen LogP) is 5.41. The summed E-state index contributed by atoms with van der Waals surface area (Å²) in [5, 5.41) is 4.67. The van der Waals surface area contributed by atoms with Crippen LogP contribution in [0.3, 0.4) is 0 Å². The van der Waals surface area contributed by atoms with Gasteiger partial charge in [0, 0.05) is 62.2 Å². The summed E-state index contributed by atoms with van der Waals surface area (Å²) in [6.07, 6.45) is 5.62. The monoisotopic (exact) mass is 334 g/mol. The highest BCUT2D eigenvalue weighted by Crippen LogP contribution is 2.31. The van der Waals surface area contributed by atoms with E-state index < -0.39 is 0 Å². The van der Waals surface area contributed by atoms with Gasteiger partial charge < -0.3 is 9.97 Å². The lowest BCUT2D eigenvalue weighted by Crippen LogP contribution is -1.83. The Labute approximate surface area is 148 Å². The molecule has 0 atom stereocenters. The SMILES string of the molecule is c1ccc2c(c1)[nH]c1ccc(-c3cc4[nH]c5ccncc5c4cn3)cc12. The number of H-pyrrole nitrogens is 2. The average molecular weight is 334 g/mol. The first-order chi connectivity index (χ1) is 12.9. The van der Waals surface area contributed by atoms with Gasteiger partial charge in [-0.05, 0) is 30.3 Å². The van der Waals surface area contributed by atoms with Crippen molar-refractivity contribution in [2.45, 2.75) is 0 Å². The van der Waals surface area contributed by atoms with Crippen molar-refractivity contribution in [2.24, 2.45) is 0 Å². The van der Waals surface area contributed by atoms with Gasteiger partial charge >= 0.3 is 0 Å². The van der Waals surface area contributed by atoms with Gasteiger partial charge in [-0.1, -0.05) is 24.3 Å². The van der Waals surface area contributed by atoms with Crippen LogP contribution in [0, 0.1) is 0 Å². The normalized spacial score (nSPS) is 11.8. The molecule has 0 unspecified atom stereocenters. The fourth-order valence-corrected chi connectivity index (χ4v) is 3.80. The maximum absolute atomic E-state index is 4.71. The minimum atomic E-state index is 0.962. The van der Waals surface area contributed by atoms with E-state index in [1.54, 1.807) is 6.20 Å². The van der Waals surface area contributed by atoms with Crippen molar-refractivity contribution in [1.82, 2.24) is 19.9 Å². The molecule has 0 saturated heterocycles. The van der Waals surface area contributed by atoms with Crippen molar-refractivity contribution in [3.05, 3.63) is 73.2 Å². The zero-order chi connectivity index (χ0) is 17.1. The molecule has 0 aliphatic rings. The smallest absolute Gasteiger partial charge is 0.0723 e. The number of aromatic amines is 2. The molecule has 0 radical (unpaired) electrons. The van der Waals surface area contributed by atoms with Crippen LogP contribution >= 0.6 is 0 Å². The number of pyridine rings is 2. The number of nitrogens with one attached hydrogen (secondary N) is 2. The van der Waals surface area contributed by atoms with Gasteiger partial charge in [0.05, 0.1) is 11.2 Å². The van der Waals surface area contributed by atoms with Crippen molar-refractivity contribution in [3.8, 4) is 11.3 Å². The molecule has 122 valence electrons. The van der Waals surface area contributed by atoms with Crippen LogP contribution in [-0.4, -0.2) is 19.9 Å². The zero-order valence-corrected chi connectivity index (χ0v) is 13.8. The lowest BCUT2D eigenvalue weighted by Gasteiger charge is -2.02. The third-order valence-electron chi connectivity index (χ3n) is 5.09. The van der Waals surface area contributed by atoms with Crippen LogP contribution in [-0.2, 0) is 0 Å². The van der Waals surface area contributed by atoms with E-state index in [4.69, 9.17) is 4.98 Å². The lowest BCUT2D eigenvalue weighted by atomic mass is 10.1. The highest BCUT2D eigenvalue weighted by molar-refractivity contribution is 6.09. The van der Waals surface area contributed by atoms with Gasteiger partial charge in [-0.3, -0.25) is 9.97 Å². The number of hydrogen-bond donors (Lipinski definition) is 2. The summed E-state index contributed by atoms with van der Waals surface area (Å²) in [5.74, 6) is 0. The van der Waals surface area contributed by atoms with Crippen molar-refractivity contribution in [1.29, 1.82) is 0 Å². The van der Waals surface area contributed by atoms with E-state index in [9.17, 15) is 0 Å². The summed E-state index contributed by atoms with van der Waals surface area (Å²) in [6, 6.07) is 19.0. The Bertz CT molecular complexity index is 1440.